The monoisotopic (exact) mass is 372 g/mol. The number of aliphatic imine (C=N–C) groups is 1. The van der Waals surface area contributed by atoms with Crippen LogP contribution in [0.4, 0.5) is 0 Å². The maximum Gasteiger partial charge on any atom is 0.191 e. The summed E-state index contributed by atoms with van der Waals surface area (Å²) >= 11 is 0. The number of ether oxygens (including phenoxy) is 2. The Morgan fingerprint density at radius 3 is 3.07 bits per heavy atom. The Hall–Kier alpha value is -2.61. The maximum absolute atomic E-state index is 5.56. The van der Waals surface area contributed by atoms with Gasteiger partial charge < -0.3 is 20.1 Å². The van der Waals surface area contributed by atoms with E-state index in [2.05, 4.69) is 31.8 Å². The Kier molecular flexibility index (Phi) is 6.64. The second-order valence-electron chi connectivity index (χ2n) is 6.45. The average Bonchev–Trinajstić information content (AvgIpc) is 3.07. The van der Waals surface area contributed by atoms with Crippen LogP contribution in [0.15, 0.2) is 29.3 Å². The predicted octanol–water partition coefficient (Wildman–Crippen LogP) is 1.50. The number of guanidine groups is 1. The summed E-state index contributed by atoms with van der Waals surface area (Å²) in [6.45, 7) is 4.55. The molecule has 0 spiro atoms. The molecule has 146 valence electrons. The van der Waals surface area contributed by atoms with Crippen molar-refractivity contribution in [3.05, 3.63) is 41.5 Å². The van der Waals surface area contributed by atoms with Gasteiger partial charge >= 0.3 is 0 Å². The fourth-order valence-electron chi connectivity index (χ4n) is 3.15. The quantitative estimate of drug-likeness (QED) is 0.566. The molecule has 0 bridgehead atoms. The van der Waals surface area contributed by atoms with E-state index >= 15 is 0 Å². The molecule has 0 radical (unpaired) electrons. The van der Waals surface area contributed by atoms with Crippen LogP contribution in [0.25, 0.3) is 0 Å². The van der Waals surface area contributed by atoms with Crippen molar-refractivity contribution in [2.75, 3.05) is 20.8 Å². The molecule has 1 aliphatic rings. The van der Waals surface area contributed by atoms with Gasteiger partial charge in [0.15, 0.2) is 11.8 Å². The first-order valence-electron chi connectivity index (χ1n) is 9.32. The van der Waals surface area contributed by atoms with E-state index in [-0.39, 0.29) is 6.04 Å². The Morgan fingerprint density at radius 1 is 1.41 bits per heavy atom. The second kappa shape index (κ2) is 9.36. The van der Waals surface area contributed by atoms with Crippen molar-refractivity contribution in [3.63, 3.8) is 0 Å². The summed E-state index contributed by atoms with van der Waals surface area (Å²) in [7, 11) is 3.44. The van der Waals surface area contributed by atoms with Crippen LogP contribution in [-0.4, -0.2) is 47.5 Å². The van der Waals surface area contributed by atoms with Gasteiger partial charge in [0.25, 0.3) is 0 Å². The van der Waals surface area contributed by atoms with Gasteiger partial charge in [0.05, 0.1) is 13.2 Å². The summed E-state index contributed by atoms with van der Waals surface area (Å²) in [5, 5.41) is 11.4. The normalized spacial score (nSPS) is 16.7. The number of hydrogen-bond acceptors (Lipinski definition) is 5. The van der Waals surface area contributed by atoms with Crippen molar-refractivity contribution >= 4 is 5.96 Å². The number of fused-ring (bicyclic) bond motifs is 1. The molecule has 1 aromatic heterocycles. The number of aryl methyl sites for hydroxylation is 1. The molecule has 0 aliphatic carbocycles. The van der Waals surface area contributed by atoms with Crippen LogP contribution < -0.4 is 15.4 Å². The van der Waals surface area contributed by atoms with E-state index < -0.39 is 0 Å². The number of hydrogen-bond donors (Lipinski definition) is 2. The predicted molar refractivity (Wildman–Crippen MR) is 104 cm³/mol. The minimum atomic E-state index is 0.260. The maximum atomic E-state index is 5.56. The first kappa shape index (κ1) is 19.2. The molecular formula is C19H28N6O2. The lowest BCUT2D eigenvalue weighted by molar-refractivity contribution is 0.177. The van der Waals surface area contributed by atoms with Crippen LogP contribution in [0.2, 0.25) is 0 Å². The molecule has 0 amide bonds. The summed E-state index contributed by atoms with van der Waals surface area (Å²) in [5.41, 5.74) is 1.15. The molecule has 0 fully saturated rings. The van der Waals surface area contributed by atoms with E-state index in [4.69, 9.17) is 9.47 Å². The standard InChI is InChI=1S/C19H28N6O2/c1-4-27-16-7-5-6-14(10-16)11-21-19(20-2)22-15-8-9-18-23-17(13-26-3)24-25(18)12-15/h5-7,10,15H,4,8-9,11-13H2,1-3H3,(H2,20,21,22). The largest absolute Gasteiger partial charge is 0.494 e. The van der Waals surface area contributed by atoms with Crippen molar-refractivity contribution in [2.24, 2.45) is 4.99 Å². The summed E-state index contributed by atoms with van der Waals surface area (Å²) < 4.78 is 12.6. The van der Waals surface area contributed by atoms with E-state index in [1.165, 1.54) is 0 Å². The Morgan fingerprint density at radius 2 is 2.30 bits per heavy atom. The molecule has 1 aliphatic heterocycles. The number of methoxy groups -OCH3 is 1. The second-order valence-corrected chi connectivity index (χ2v) is 6.45. The fraction of sp³-hybridized carbons (Fsp3) is 0.526. The third-order valence-electron chi connectivity index (χ3n) is 4.41. The number of rotatable bonds is 7. The van der Waals surface area contributed by atoms with E-state index in [9.17, 15) is 0 Å². The van der Waals surface area contributed by atoms with Gasteiger partial charge in [-0.25, -0.2) is 9.67 Å². The molecule has 27 heavy (non-hydrogen) atoms. The molecule has 3 rings (SSSR count). The highest BCUT2D eigenvalue weighted by atomic mass is 16.5. The third kappa shape index (κ3) is 5.19. The first-order valence-corrected chi connectivity index (χ1v) is 9.32. The first-order chi connectivity index (χ1) is 13.2. The molecule has 2 aromatic rings. The third-order valence-corrected chi connectivity index (χ3v) is 4.41. The average molecular weight is 372 g/mol. The van der Waals surface area contributed by atoms with Crippen LogP contribution in [0.3, 0.4) is 0 Å². The zero-order valence-electron chi connectivity index (χ0n) is 16.2. The van der Waals surface area contributed by atoms with Crippen molar-refractivity contribution in [1.82, 2.24) is 25.4 Å². The molecule has 1 aromatic carbocycles. The molecule has 0 saturated carbocycles. The highest BCUT2D eigenvalue weighted by Gasteiger charge is 2.22. The molecule has 8 heteroatoms. The molecule has 8 nitrogen and oxygen atoms in total. The minimum absolute atomic E-state index is 0.260. The van der Waals surface area contributed by atoms with Gasteiger partial charge in [0, 0.05) is 33.2 Å². The zero-order chi connectivity index (χ0) is 19.1. The number of nitrogens with one attached hydrogen (secondary N) is 2. The van der Waals surface area contributed by atoms with Crippen LogP contribution >= 0.6 is 0 Å². The summed E-state index contributed by atoms with van der Waals surface area (Å²) in [6.07, 6.45) is 1.88. The summed E-state index contributed by atoms with van der Waals surface area (Å²) in [6, 6.07) is 8.35. The molecule has 0 saturated heterocycles. The highest BCUT2D eigenvalue weighted by Crippen LogP contribution is 2.14. The van der Waals surface area contributed by atoms with Crippen LogP contribution in [0.5, 0.6) is 5.75 Å². The van der Waals surface area contributed by atoms with Gasteiger partial charge in [0.2, 0.25) is 0 Å². The number of benzene rings is 1. The van der Waals surface area contributed by atoms with Gasteiger partial charge in [-0.2, -0.15) is 5.10 Å². The number of nitrogens with zero attached hydrogens (tertiary/aromatic N) is 4. The molecular weight excluding hydrogens is 344 g/mol. The molecule has 2 N–H and O–H groups in total. The van der Waals surface area contributed by atoms with Crippen molar-refractivity contribution in [2.45, 2.75) is 45.5 Å². The van der Waals surface area contributed by atoms with Crippen LogP contribution in [-0.2, 0) is 30.9 Å². The lowest BCUT2D eigenvalue weighted by atomic mass is 10.1. The summed E-state index contributed by atoms with van der Waals surface area (Å²) in [4.78, 5) is 8.86. The molecule has 1 unspecified atom stereocenters. The SMILES string of the molecule is CCOc1cccc(CNC(=NC)NC2CCc3nc(COC)nn3C2)c1. The Labute approximate surface area is 160 Å². The Bertz CT molecular complexity index is 773. The fourth-order valence-corrected chi connectivity index (χ4v) is 3.15. The van der Waals surface area contributed by atoms with Gasteiger partial charge in [-0.05, 0) is 31.0 Å². The molecule has 2 heterocycles. The van der Waals surface area contributed by atoms with Crippen molar-refractivity contribution in [1.29, 1.82) is 0 Å². The van der Waals surface area contributed by atoms with Gasteiger partial charge in [-0.3, -0.25) is 4.99 Å². The van der Waals surface area contributed by atoms with Gasteiger partial charge in [0.1, 0.15) is 18.2 Å². The van der Waals surface area contributed by atoms with Crippen LogP contribution in [0, 0.1) is 0 Å². The smallest absolute Gasteiger partial charge is 0.191 e. The van der Waals surface area contributed by atoms with Crippen LogP contribution in [0.1, 0.15) is 30.6 Å². The highest BCUT2D eigenvalue weighted by molar-refractivity contribution is 5.79. The van der Waals surface area contributed by atoms with E-state index in [1.54, 1.807) is 14.2 Å². The van der Waals surface area contributed by atoms with E-state index in [0.29, 0.717) is 19.8 Å². The van der Waals surface area contributed by atoms with E-state index in [0.717, 1.165) is 48.3 Å². The topological polar surface area (TPSA) is 85.6 Å². The lowest BCUT2D eigenvalue weighted by Gasteiger charge is -2.25. The van der Waals surface area contributed by atoms with Crippen molar-refractivity contribution < 1.29 is 9.47 Å². The summed E-state index contributed by atoms with van der Waals surface area (Å²) in [5.74, 6) is 3.43. The minimum Gasteiger partial charge on any atom is -0.494 e. The van der Waals surface area contributed by atoms with Crippen molar-refractivity contribution in [3.8, 4) is 5.75 Å². The number of aromatic nitrogens is 3. The lowest BCUT2D eigenvalue weighted by Crippen LogP contribution is -2.46. The zero-order valence-corrected chi connectivity index (χ0v) is 16.2. The molecule has 1 atom stereocenters. The van der Waals surface area contributed by atoms with Gasteiger partial charge in [-0.15, -0.1) is 0 Å². The Balaban J connectivity index is 1.54. The van der Waals surface area contributed by atoms with E-state index in [1.807, 2.05) is 29.8 Å². The van der Waals surface area contributed by atoms with Gasteiger partial charge in [-0.1, -0.05) is 12.1 Å².